The fourth-order valence-electron chi connectivity index (χ4n) is 2.14. The summed E-state index contributed by atoms with van der Waals surface area (Å²) in [6.45, 7) is 3.71. The minimum Gasteiger partial charge on any atom is -0.437 e. The van der Waals surface area contributed by atoms with E-state index >= 15 is 0 Å². The van der Waals surface area contributed by atoms with Crippen LogP contribution in [0, 0.1) is 0 Å². The molecule has 0 aliphatic carbocycles. The van der Waals surface area contributed by atoms with Crippen LogP contribution >= 0.6 is 0 Å². The predicted molar refractivity (Wildman–Crippen MR) is 83.4 cm³/mol. The molecule has 3 rings (SSSR count). The van der Waals surface area contributed by atoms with Gasteiger partial charge in [-0.2, -0.15) is 0 Å². The van der Waals surface area contributed by atoms with Crippen molar-refractivity contribution in [2.75, 3.05) is 6.54 Å². The molecule has 0 amide bonds. The SMILES string of the molecule is CCNCc1cc2ccccc2nc1Oc1cccnc1. The van der Waals surface area contributed by atoms with Gasteiger partial charge in [-0.15, -0.1) is 0 Å². The van der Waals surface area contributed by atoms with Gasteiger partial charge < -0.3 is 10.1 Å². The molecule has 0 aliphatic heterocycles. The molecule has 2 heterocycles. The molecule has 2 aromatic heterocycles. The first-order chi connectivity index (χ1) is 10.4. The van der Waals surface area contributed by atoms with Gasteiger partial charge in [0.05, 0.1) is 11.7 Å². The van der Waals surface area contributed by atoms with Crippen LogP contribution in [0.4, 0.5) is 0 Å². The molecule has 1 N–H and O–H groups in total. The summed E-state index contributed by atoms with van der Waals surface area (Å²) in [7, 11) is 0. The van der Waals surface area contributed by atoms with Gasteiger partial charge in [-0.25, -0.2) is 4.98 Å². The van der Waals surface area contributed by atoms with E-state index in [9.17, 15) is 0 Å². The number of hydrogen-bond acceptors (Lipinski definition) is 4. The average Bonchev–Trinajstić information content (AvgIpc) is 2.54. The molecule has 4 heteroatoms. The number of benzene rings is 1. The molecule has 0 atom stereocenters. The van der Waals surface area contributed by atoms with Crippen molar-refractivity contribution in [2.45, 2.75) is 13.5 Å². The first kappa shape index (κ1) is 13.5. The lowest BCUT2D eigenvalue weighted by molar-refractivity contribution is 0.453. The molecule has 106 valence electrons. The second-order valence-electron chi connectivity index (χ2n) is 4.72. The maximum absolute atomic E-state index is 5.90. The highest BCUT2D eigenvalue weighted by Crippen LogP contribution is 2.26. The van der Waals surface area contributed by atoms with E-state index < -0.39 is 0 Å². The second kappa shape index (κ2) is 6.33. The van der Waals surface area contributed by atoms with E-state index in [-0.39, 0.29) is 0 Å². The van der Waals surface area contributed by atoms with Crippen molar-refractivity contribution < 1.29 is 4.74 Å². The molecular formula is C17H17N3O. The van der Waals surface area contributed by atoms with E-state index in [2.05, 4.69) is 34.3 Å². The Labute approximate surface area is 123 Å². The lowest BCUT2D eigenvalue weighted by atomic mass is 10.1. The number of hydrogen-bond donors (Lipinski definition) is 1. The maximum Gasteiger partial charge on any atom is 0.224 e. The van der Waals surface area contributed by atoms with Crippen molar-refractivity contribution in [1.82, 2.24) is 15.3 Å². The Hall–Kier alpha value is -2.46. The number of nitrogens with zero attached hydrogens (tertiary/aromatic N) is 2. The van der Waals surface area contributed by atoms with E-state index in [0.29, 0.717) is 11.6 Å². The summed E-state index contributed by atoms with van der Waals surface area (Å²) >= 11 is 0. The van der Waals surface area contributed by atoms with Crippen LogP contribution in [0.2, 0.25) is 0 Å². The third-order valence-corrected chi connectivity index (χ3v) is 3.18. The Balaban J connectivity index is 2.01. The summed E-state index contributed by atoms with van der Waals surface area (Å²) in [4.78, 5) is 8.70. The standard InChI is InChI=1S/C17H17N3O/c1-2-18-11-14-10-13-6-3-4-8-16(13)20-17(14)21-15-7-5-9-19-12-15/h3-10,12,18H,2,11H2,1H3. The minimum atomic E-state index is 0.627. The third-order valence-electron chi connectivity index (χ3n) is 3.18. The van der Waals surface area contributed by atoms with Gasteiger partial charge in [-0.1, -0.05) is 25.1 Å². The molecule has 21 heavy (non-hydrogen) atoms. The highest BCUT2D eigenvalue weighted by molar-refractivity contribution is 5.80. The fraction of sp³-hybridized carbons (Fsp3) is 0.176. The third kappa shape index (κ3) is 3.17. The largest absolute Gasteiger partial charge is 0.437 e. The van der Waals surface area contributed by atoms with Crippen LogP contribution in [0.3, 0.4) is 0 Å². The summed E-state index contributed by atoms with van der Waals surface area (Å²) in [6, 6.07) is 13.9. The number of aromatic nitrogens is 2. The molecule has 0 radical (unpaired) electrons. The van der Waals surface area contributed by atoms with Gasteiger partial charge in [0.15, 0.2) is 0 Å². The zero-order valence-electron chi connectivity index (χ0n) is 11.9. The van der Waals surface area contributed by atoms with Crippen molar-refractivity contribution in [1.29, 1.82) is 0 Å². The van der Waals surface area contributed by atoms with E-state index in [4.69, 9.17) is 4.74 Å². The lowest BCUT2D eigenvalue weighted by Crippen LogP contribution is -2.13. The first-order valence-corrected chi connectivity index (χ1v) is 7.04. The number of rotatable bonds is 5. The van der Waals surface area contributed by atoms with E-state index in [1.807, 2.05) is 30.3 Å². The molecule has 0 fully saturated rings. The second-order valence-corrected chi connectivity index (χ2v) is 4.72. The first-order valence-electron chi connectivity index (χ1n) is 7.04. The van der Waals surface area contributed by atoms with Gasteiger partial charge in [0.1, 0.15) is 5.75 Å². The van der Waals surface area contributed by atoms with E-state index in [1.54, 1.807) is 12.4 Å². The summed E-state index contributed by atoms with van der Waals surface area (Å²) in [5, 5.41) is 4.43. The Morgan fingerprint density at radius 2 is 2.05 bits per heavy atom. The Kier molecular flexibility index (Phi) is 4.07. The van der Waals surface area contributed by atoms with E-state index in [0.717, 1.165) is 29.6 Å². The quantitative estimate of drug-likeness (QED) is 0.776. The van der Waals surface area contributed by atoms with Crippen LogP contribution in [0.5, 0.6) is 11.6 Å². The number of pyridine rings is 2. The van der Waals surface area contributed by atoms with Crippen LogP contribution in [0.15, 0.2) is 54.9 Å². The zero-order valence-corrected chi connectivity index (χ0v) is 11.9. The highest BCUT2D eigenvalue weighted by atomic mass is 16.5. The smallest absolute Gasteiger partial charge is 0.224 e. The fourth-order valence-corrected chi connectivity index (χ4v) is 2.14. The number of nitrogens with one attached hydrogen (secondary N) is 1. The van der Waals surface area contributed by atoms with Crippen molar-refractivity contribution in [3.63, 3.8) is 0 Å². The zero-order chi connectivity index (χ0) is 14.5. The Morgan fingerprint density at radius 3 is 2.86 bits per heavy atom. The Morgan fingerprint density at radius 1 is 1.14 bits per heavy atom. The lowest BCUT2D eigenvalue weighted by Gasteiger charge is -2.11. The predicted octanol–water partition coefficient (Wildman–Crippen LogP) is 3.53. The molecule has 0 unspecified atom stereocenters. The van der Waals surface area contributed by atoms with Crippen molar-refractivity contribution in [2.24, 2.45) is 0 Å². The summed E-state index contributed by atoms with van der Waals surface area (Å²) in [5.41, 5.74) is 1.97. The van der Waals surface area contributed by atoms with Crippen LogP contribution in [0.1, 0.15) is 12.5 Å². The van der Waals surface area contributed by atoms with Crippen molar-refractivity contribution in [3.8, 4) is 11.6 Å². The monoisotopic (exact) mass is 279 g/mol. The van der Waals surface area contributed by atoms with Gasteiger partial charge in [0, 0.05) is 23.7 Å². The summed E-state index contributed by atoms with van der Waals surface area (Å²) in [5.74, 6) is 1.32. The van der Waals surface area contributed by atoms with Gasteiger partial charge in [0.25, 0.3) is 0 Å². The molecule has 0 bridgehead atoms. The van der Waals surface area contributed by atoms with Gasteiger partial charge in [-0.3, -0.25) is 4.98 Å². The van der Waals surface area contributed by atoms with Crippen molar-refractivity contribution >= 4 is 10.9 Å². The normalized spacial score (nSPS) is 10.7. The van der Waals surface area contributed by atoms with Crippen LogP contribution in [-0.4, -0.2) is 16.5 Å². The van der Waals surface area contributed by atoms with Crippen molar-refractivity contribution in [3.05, 3.63) is 60.4 Å². The summed E-state index contributed by atoms with van der Waals surface area (Å²) in [6.07, 6.45) is 3.41. The van der Waals surface area contributed by atoms with Crippen LogP contribution < -0.4 is 10.1 Å². The average molecular weight is 279 g/mol. The van der Waals surface area contributed by atoms with Crippen LogP contribution in [-0.2, 0) is 6.54 Å². The molecule has 0 spiro atoms. The van der Waals surface area contributed by atoms with E-state index in [1.165, 1.54) is 0 Å². The molecule has 3 aromatic rings. The van der Waals surface area contributed by atoms with Gasteiger partial charge in [0.2, 0.25) is 5.88 Å². The molecular weight excluding hydrogens is 262 g/mol. The summed E-state index contributed by atoms with van der Waals surface area (Å²) < 4.78 is 5.90. The number of para-hydroxylation sites is 1. The van der Waals surface area contributed by atoms with Gasteiger partial charge in [-0.05, 0) is 30.8 Å². The maximum atomic E-state index is 5.90. The number of fused-ring (bicyclic) bond motifs is 1. The van der Waals surface area contributed by atoms with Gasteiger partial charge >= 0.3 is 0 Å². The molecule has 1 aromatic carbocycles. The molecule has 4 nitrogen and oxygen atoms in total. The number of ether oxygens (including phenoxy) is 1. The van der Waals surface area contributed by atoms with Crippen LogP contribution in [0.25, 0.3) is 10.9 Å². The molecule has 0 saturated heterocycles. The Bertz CT molecular complexity index is 728. The molecule has 0 saturated carbocycles. The minimum absolute atomic E-state index is 0.627. The molecule has 0 aliphatic rings. The highest BCUT2D eigenvalue weighted by Gasteiger charge is 2.09. The topological polar surface area (TPSA) is 47.0 Å².